The molecule has 0 heterocycles. The van der Waals surface area contributed by atoms with E-state index in [4.69, 9.17) is 0 Å². The fraction of sp³-hybridized carbons (Fsp3) is 0.375. The quantitative estimate of drug-likeness (QED) is 0.538. The van der Waals surface area contributed by atoms with Crippen molar-refractivity contribution in [3.63, 3.8) is 0 Å². The van der Waals surface area contributed by atoms with Crippen LogP contribution in [-0.2, 0) is 4.79 Å². The van der Waals surface area contributed by atoms with Crippen LogP contribution in [0.5, 0.6) is 0 Å². The van der Waals surface area contributed by atoms with Crippen molar-refractivity contribution >= 4 is 5.91 Å². The standard InChI is InChI=1S/C8H11NO/c1-4-6-8(5-2)9-7(3)10/h5H,1-3H3,(H,9,10)/b8-5+. The van der Waals surface area contributed by atoms with Crippen LogP contribution < -0.4 is 5.32 Å². The van der Waals surface area contributed by atoms with Gasteiger partial charge in [-0.05, 0) is 19.8 Å². The van der Waals surface area contributed by atoms with Gasteiger partial charge in [-0.25, -0.2) is 0 Å². The molecule has 0 aliphatic carbocycles. The molecule has 0 saturated heterocycles. The Morgan fingerprint density at radius 1 is 1.60 bits per heavy atom. The van der Waals surface area contributed by atoms with Gasteiger partial charge in [-0.2, -0.15) is 0 Å². The summed E-state index contributed by atoms with van der Waals surface area (Å²) in [5, 5.41) is 2.58. The van der Waals surface area contributed by atoms with Gasteiger partial charge in [0.15, 0.2) is 0 Å². The van der Waals surface area contributed by atoms with E-state index in [1.165, 1.54) is 6.92 Å². The maximum Gasteiger partial charge on any atom is 0.221 e. The van der Waals surface area contributed by atoms with E-state index in [0.717, 1.165) is 0 Å². The van der Waals surface area contributed by atoms with Crippen LogP contribution in [-0.4, -0.2) is 5.91 Å². The lowest BCUT2D eigenvalue weighted by molar-refractivity contribution is -0.118. The first-order valence-corrected chi connectivity index (χ1v) is 3.07. The van der Waals surface area contributed by atoms with Crippen LogP contribution in [0, 0.1) is 11.8 Å². The van der Waals surface area contributed by atoms with Crippen LogP contribution in [0.4, 0.5) is 0 Å². The highest BCUT2D eigenvalue weighted by molar-refractivity contribution is 5.75. The minimum absolute atomic E-state index is 0.0872. The van der Waals surface area contributed by atoms with Gasteiger partial charge in [-0.15, -0.1) is 0 Å². The number of carbonyl (C=O) groups is 1. The van der Waals surface area contributed by atoms with E-state index in [9.17, 15) is 4.79 Å². The molecule has 0 spiro atoms. The van der Waals surface area contributed by atoms with E-state index in [0.29, 0.717) is 5.70 Å². The van der Waals surface area contributed by atoms with Crippen molar-refractivity contribution in [1.82, 2.24) is 5.32 Å². The number of hydrogen-bond donors (Lipinski definition) is 1. The van der Waals surface area contributed by atoms with Crippen LogP contribution in [0.15, 0.2) is 11.8 Å². The molecule has 1 N–H and O–H groups in total. The Morgan fingerprint density at radius 3 is 2.50 bits per heavy atom. The SMILES string of the molecule is CC#C/C(=C\C)NC(C)=O. The Labute approximate surface area is 61.3 Å². The molecule has 0 aliphatic rings. The van der Waals surface area contributed by atoms with Crippen molar-refractivity contribution in [3.8, 4) is 11.8 Å². The number of carbonyl (C=O) groups excluding carboxylic acids is 1. The lowest BCUT2D eigenvalue weighted by atomic mass is 10.4. The summed E-state index contributed by atoms with van der Waals surface area (Å²) in [5.74, 6) is 5.35. The first-order valence-electron chi connectivity index (χ1n) is 3.07. The molecule has 0 bridgehead atoms. The number of rotatable bonds is 1. The third kappa shape index (κ3) is 3.73. The van der Waals surface area contributed by atoms with E-state index in [1.807, 2.05) is 6.92 Å². The third-order valence-corrected chi connectivity index (χ3v) is 0.859. The molecule has 0 unspecified atom stereocenters. The van der Waals surface area contributed by atoms with Crippen molar-refractivity contribution in [2.24, 2.45) is 0 Å². The Morgan fingerprint density at radius 2 is 2.20 bits per heavy atom. The summed E-state index contributed by atoms with van der Waals surface area (Å²) in [6.45, 7) is 5.02. The molecule has 2 nitrogen and oxygen atoms in total. The van der Waals surface area contributed by atoms with Gasteiger partial charge in [-0.3, -0.25) is 4.79 Å². The maximum absolute atomic E-state index is 10.5. The van der Waals surface area contributed by atoms with Gasteiger partial charge >= 0.3 is 0 Å². The van der Waals surface area contributed by atoms with E-state index in [1.54, 1.807) is 13.0 Å². The molecule has 54 valence electrons. The molecule has 0 atom stereocenters. The maximum atomic E-state index is 10.5. The molecule has 0 aromatic carbocycles. The highest BCUT2D eigenvalue weighted by Gasteiger charge is 1.90. The lowest BCUT2D eigenvalue weighted by Crippen LogP contribution is -2.17. The zero-order valence-electron chi connectivity index (χ0n) is 6.49. The molecule has 0 saturated carbocycles. The summed E-state index contributed by atoms with van der Waals surface area (Å²) < 4.78 is 0. The predicted molar refractivity (Wildman–Crippen MR) is 41.0 cm³/mol. The highest BCUT2D eigenvalue weighted by Crippen LogP contribution is 1.84. The van der Waals surface area contributed by atoms with Gasteiger partial charge in [0, 0.05) is 6.92 Å². The summed E-state index contributed by atoms with van der Waals surface area (Å²) in [4.78, 5) is 10.5. The number of allylic oxidation sites excluding steroid dienone is 2. The number of amides is 1. The normalized spacial score (nSPS) is 9.70. The minimum Gasteiger partial charge on any atom is -0.320 e. The first kappa shape index (κ1) is 8.77. The van der Waals surface area contributed by atoms with Crippen molar-refractivity contribution in [3.05, 3.63) is 11.8 Å². The largest absolute Gasteiger partial charge is 0.320 e. The fourth-order valence-electron chi connectivity index (χ4n) is 0.500. The van der Waals surface area contributed by atoms with Gasteiger partial charge in [0.1, 0.15) is 0 Å². The summed E-state index contributed by atoms with van der Waals surface area (Å²) in [5.41, 5.74) is 0.662. The Hall–Kier alpha value is -1.23. The molecular weight excluding hydrogens is 126 g/mol. The summed E-state index contributed by atoms with van der Waals surface area (Å²) in [6, 6.07) is 0. The first-order chi connectivity index (χ1) is 4.70. The second-order valence-corrected chi connectivity index (χ2v) is 1.76. The van der Waals surface area contributed by atoms with Crippen molar-refractivity contribution in [1.29, 1.82) is 0 Å². The molecule has 0 rings (SSSR count). The second kappa shape index (κ2) is 4.63. The zero-order chi connectivity index (χ0) is 7.98. The number of hydrogen-bond acceptors (Lipinski definition) is 1. The molecule has 0 aliphatic heterocycles. The molecule has 10 heavy (non-hydrogen) atoms. The molecule has 2 heteroatoms. The summed E-state index contributed by atoms with van der Waals surface area (Å²) in [7, 11) is 0. The average molecular weight is 137 g/mol. The third-order valence-electron chi connectivity index (χ3n) is 0.859. The van der Waals surface area contributed by atoms with E-state index in [-0.39, 0.29) is 5.91 Å². The summed E-state index contributed by atoms with van der Waals surface area (Å²) in [6.07, 6.45) is 1.76. The Balaban J connectivity index is 4.07. The topological polar surface area (TPSA) is 29.1 Å². The molecule has 0 radical (unpaired) electrons. The van der Waals surface area contributed by atoms with Crippen LogP contribution in [0.1, 0.15) is 20.8 Å². The molecule has 0 aromatic rings. The van der Waals surface area contributed by atoms with Crippen molar-refractivity contribution in [2.45, 2.75) is 20.8 Å². The van der Waals surface area contributed by atoms with E-state index >= 15 is 0 Å². The fourth-order valence-corrected chi connectivity index (χ4v) is 0.500. The van der Waals surface area contributed by atoms with Crippen LogP contribution in [0.2, 0.25) is 0 Å². The molecule has 1 amide bonds. The average Bonchev–Trinajstić information content (AvgIpc) is 1.86. The second-order valence-electron chi connectivity index (χ2n) is 1.76. The van der Waals surface area contributed by atoms with Crippen molar-refractivity contribution < 1.29 is 4.79 Å². The van der Waals surface area contributed by atoms with Crippen molar-refractivity contribution in [2.75, 3.05) is 0 Å². The smallest absolute Gasteiger partial charge is 0.221 e. The van der Waals surface area contributed by atoms with Gasteiger partial charge in [-0.1, -0.05) is 12.0 Å². The summed E-state index contributed by atoms with van der Waals surface area (Å²) >= 11 is 0. The van der Waals surface area contributed by atoms with Crippen LogP contribution in [0.25, 0.3) is 0 Å². The minimum atomic E-state index is -0.0872. The zero-order valence-corrected chi connectivity index (χ0v) is 6.49. The predicted octanol–water partition coefficient (Wildman–Crippen LogP) is 1.05. The number of nitrogens with one attached hydrogen (secondary N) is 1. The Kier molecular flexibility index (Phi) is 4.06. The van der Waals surface area contributed by atoms with Gasteiger partial charge in [0.25, 0.3) is 0 Å². The van der Waals surface area contributed by atoms with E-state index in [2.05, 4.69) is 17.2 Å². The van der Waals surface area contributed by atoms with Crippen LogP contribution in [0.3, 0.4) is 0 Å². The van der Waals surface area contributed by atoms with Gasteiger partial charge in [0.2, 0.25) is 5.91 Å². The Bertz CT molecular complexity index is 205. The van der Waals surface area contributed by atoms with Gasteiger partial charge < -0.3 is 5.32 Å². The highest BCUT2D eigenvalue weighted by atomic mass is 16.1. The molecule has 0 fully saturated rings. The van der Waals surface area contributed by atoms with Gasteiger partial charge in [0.05, 0.1) is 5.70 Å². The molecule has 0 aromatic heterocycles. The van der Waals surface area contributed by atoms with E-state index < -0.39 is 0 Å². The monoisotopic (exact) mass is 137 g/mol. The van der Waals surface area contributed by atoms with Crippen LogP contribution >= 0.6 is 0 Å². The molecular formula is C8H11NO. The lowest BCUT2D eigenvalue weighted by Gasteiger charge is -1.96.